The van der Waals surface area contributed by atoms with Crippen molar-refractivity contribution in [2.24, 2.45) is 0 Å². The summed E-state index contributed by atoms with van der Waals surface area (Å²) in [5.74, 6) is -12.2. The second-order valence-electron chi connectivity index (χ2n) is 18.0. The van der Waals surface area contributed by atoms with Gasteiger partial charge in [-0.25, -0.2) is 14.8 Å². The highest BCUT2D eigenvalue weighted by atomic mass is 16.4. The van der Waals surface area contributed by atoms with Gasteiger partial charge < -0.3 is 93.9 Å². The Morgan fingerprint density at radius 2 is 1.12 bits per heavy atom. The van der Waals surface area contributed by atoms with E-state index in [1.807, 2.05) is 0 Å². The van der Waals surface area contributed by atoms with E-state index in [1.165, 1.54) is 37.5 Å². The van der Waals surface area contributed by atoms with E-state index in [1.54, 1.807) is 0 Å². The number of fused-ring (bicyclic) bond motifs is 1. The van der Waals surface area contributed by atoms with E-state index < -0.39 is 196 Å². The zero-order chi connectivity index (χ0) is 59.8. The topological polar surface area (TPSA) is 543 Å². The Hall–Kier alpha value is -8.79. The predicted molar refractivity (Wildman–Crippen MR) is 273 cm³/mol. The first-order valence-electron chi connectivity index (χ1n) is 24.6. The van der Waals surface area contributed by atoms with Crippen molar-refractivity contribution in [2.45, 2.75) is 132 Å². The molecule has 2 aromatic heterocycles. The monoisotopic (exact) mass is 1130 g/mol. The van der Waals surface area contributed by atoms with Gasteiger partial charge in [-0.15, -0.1) is 0 Å². The summed E-state index contributed by atoms with van der Waals surface area (Å²) < 4.78 is 0. The number of aliphatic hydroxyl groups excluding tert-OH is 5. The standard InChI is InChI=1S/C47H65N13O20/c1-21(62)3-8-27(43(76)55-25(41(74)49-2)11-15-34(67)68)56-44(77)28(12-16-35(69)70)57-42(75)26(9-13-32(65)51-19-30(63)37(71)38(72)31(64)20-61)54-33(66)14-10-29(46(79)80)58-40(73)22-4-6-23(7-5-22)50-17-24-18-52-39-36(53-24)45(78)60-47(48)59-39/h4-7,18,25-31,37-38,50,61,63-64,71-72H,3,8-17,19-20H2,1-2H3,(H,49,74)(H,51,65)(H,54,66)(H,55,76)(H,56,77)(H,57,75)(H,58,73)(H,67,68)(H,69,70)(H,79,80)(H3,48,52,59,60,78)/t25-,26-,27-,28-,29-,30-,31+,37+,38+/m0/s1. The minimum absolute atomic E-state index is 0.0148. The fourth-order valence-electron chi connectivity index (χ4n) is 7.24. The number of nitrogens with one attached hydrogen (secondary N) is 9. The van der Waals surface area contributed by atoms with Crippen molar-refractivity contribution < 1.29 is 93.6 Å². The Morgan fingerprint density at radius 1 is 0.625 bits per heavy atom. The molecule has 9 atom stereocenters. The third-order valence-electron chi connectivity index (χ3n) is 11.7. The van der Waals surface area contributed by atoms with Gasteiger partial charge in [0, 0.05) is 56.9 Å². The summed E-state index contributed by atoms with van der Waals surface area (Å²) in [6.45, 7) is -0.522. The number of nitrogens with two attached hydrogens (primary N) is 1. The van der Waals surface area contributed by atoms with Crippen LogP contribution in [0.4, 0.5) is 11.6 Å². The van der Waals surface area contributed by atoms with Crippen molar-refractivity contribution in [1.82, 2.24) is 57.2 Å². The number of carbonyl (C=O) groups excluding carboxylic acids is 8. The van der Waals surface area contributed by atoms with Crippen LogP contribution in [-0.4, -0.2) is 201 Å². The van der Waals surface area contributed by atoms with Gasteiger partial charge in [-0.05, 0) is 63.3 Å². The molecule has 0 fully saturated rings. The number of anilines is 2. The molecule has 0 aliphatic rings. The van der Waals surface area contributed by atoms with E-state index in [0.717, 1.165) is 6.92 Å². The Bertz CT molecular complexity index is 2760. The average molecular weight is 1130 g/mol. The number of aromatic nitrogens is 4. The number of hydrogen-bond donors (Lipinski definition) is 18. The zero-order valence-electron chi connectivity index (χ0n) is 43.2. The maximum Gasteiger partial charge on any atom is 0.326 e. The first-order valence-corrected chi connectivity index (χ1v) is 24.6. The number of nitrogen functional groups attached to an aromatic ring is 1. The number of aliphatic hydroxyl groups is 5. The van der Waals surface area contributed by atoms with E-state index in [4.69, 9.17) is 15.9 Å². The highest BCUT2D eigenvalue weighted by Gasteiger charge is 2.34. The number of carbonyl (C=O) groups is 11. The molecule has 0 radical (unpaired) electrons. The van der Waals surface area contributed by atoms with E-state index >= 15 is 0 Å². The van der Waals surface area contributed by atoms with Gasteiger partial charge in [-0.1, -0.05) is 0 Å². The highest BCUT2D eigenvalue weighted by Crippen LogP contribution is 2.14. The van der Waals surface area contributed by atoms with E-state index in [-0.39, 0.29) is 35.6 Å². The molecule has 0 aliphatic carbocycles. The Balaban J connectivity index is 1.81. The molecule has 0 unspecified atom stereocenters. The fourth-order valence-corrected chi connectivity index (χ4v) is 7.24. The fraction of sp³-hybridized carbons (Fsp3) is 0.511. The van der Waals surface area contributed by atoms with Crippen LogP contribution in [0.15, 0.2) is 35.3 Å². The van der Waals surface area contributed by atoms with Crippen LogP contribution in [0.5, 0.6) is 0 Å². The van der Waals surface area contributed by atoms with Crippen molar-refractivity contribution in [1.29, 1.82) is 0 Å². The molecular weight excluding hydrogens is 1070 g/mol. The molecule has 0 saturated heterocycles. The molecule has 3 rings (SSSR count). The summed E-state index contributed by atoms with van der Waals surface area (Å²) in [5.41, 5.74) is 5.72. The number of H-pyrrole nitrogens is 1. The quantitative estimate of drug-likeness (QED) is 0.0261. The van der Waals surface area contributed by atoms with Crippen LogP contribution < -0.4 is 53.8 Å². The van der Waals surface area contributed by atoms with Gasteiger partial charge >= 0.3 is 17.9 Å². The number of likely N-dealkylation sites (N-methyl/N-ethyl adjacent to an activating group) is 1. The van der Waals surface area contributed by atoms with Gasteiger partial charge in [-0.3, -0.25) is 52.9 Å². The molecule has 33 heteroatoms. The molecule has 1 aromatic carbocycles. The molecular formula is C47H65N13O20. The van der Waals surface area contributed by atoms with Crippen LogP contribution in [0.2, 0.25) is 0 Å². The SMILES string of the molecule is CNC(=O)[C@H](CCC(=O)O)NC(=O)[C@H](CCC(C)=O)NC(=O)[C@H](CCC(=O)O)NC(=O)[C@H](CCC(=O)NC[C@H](O)[C@@H](O)[C@H](O)[C@H](O)CO)NC(=O)CC[C@H](NC(=O)c1ccc(NCc2cnc3nc(N)[nH]c(=O)c3n2)cc1)C(=O)O. The number of nitrogens with zero attached hydrogens (tertiary/aromatic N) is 3. The maximum absolute atomic E-state index is 14.0. The first kappa shape index (κ1) is 65.5. The van der Waals surface area contributed by atoms with Gasteiger partial charge in [0.1, 0.15) is 54.3 Å². The Labute approximate surface area is 453 Å². The van der Waals surface area contributed by atoms with Crippen molar-refractivity contribution in [3.63, 3.8) is 0 Å². The predicted octanol–water partition coefficient (Wildman–Crippen LogP) is -6.01. The second-order valence-corrected chi connectivity index (χ2v) is 18.0. The normalized spacial score (nSPS) is 14.4. The van der Waals surface area contributed by atoms with Crippen molar-refractivity contribution in [3.8, 4) is 0 Å². The largest absolute Gasteiger partial charge is 0.481 e. The minimum Gasteiger partial charge on any atom is -0.481 e. The summed E-state index contributed by atoms with van der Waals surface area (Å²) >= 11 is 0. The number of benzene rings is 1. The number of Topliss-reactive ketones (excluding diaryl/α,β-unsaturated/α-hetero) is 1. The van der Waals surface area contributed by atoms with Crippen molar-refractivity contribution in [3.05, 3.63) is 52.1 Å². The molecule has 438 valence electrons. The molecule has 19 N–H and O–H groups in total. The zero-order valence-corrected chi connectivity index (χ0v) is 43.2. The second kappa shape index (κ2) is 32.2. The smallest absolute Gasteiger partial charge is 0.326 e. The molecule has 7 amide bonds. The first-order chi connectivity index (χ1) is 37.7. The molecule has 2 heterocycles. The summed E-state index contributed by atoms with van der Waals surface area (Å²) in [5, 5.41) is 96.5. The van der Waals surface area contributed by atoms with Crippen LogP contribution in [0.3, 0.4) is 0 Å². The molecule has 0 saturated carbocycles. The number of hydrogen-bond acceptors (Lipinski definition) is 22. The third kappa shape index (κ3) is 21.9. The average Bonchev–Trinajstić information content (AvgIpc) is 3.45. The van der Waals surface area contributed by atoms with E-state index in [0.29, 0.717) is 11.4 Å². The van der Waals surface area contributed by atoms with Gasteiger partial charge in [0.05, 0.1) is 31.1 Å². The van der Waals surface area contributed by atoms with Crippen LogP contribution in [0.25, 0.3) is 11.2 Å². The van der Waals surface area contributed by atoms with E-state index in [2.05, 4.69) is 62.5 Å². The summed E-state index contributed by atoms with van der Waals surface area (Å²) in [6, 6.07) is -2.82. The molecule has 0 bridgehead atoms. The Kier molecular flexibility index (Phi) is 26.4. The number of carboxylic acids is 3. The molecule has 33 nitrogen and oxygen atoms in total. The van der Waals surface area contributed by atoms with Gasteiger partial charge in [0.15, 0.2) is 11.2 Å². The van der Waals surface area contributed by atoms with Crippen LogP contribution in [0.1, 0.15) is 87.2 Å². The van der Waals surface area contributed by atoms with Gasteiger partial charge in [0.25, 0.3) is 11.5 Å². The van der Waals surface area contributed by atoms with Gasteiger partial charge in [-0.2, -0.15) is 4.98 Å². The van der Waals surface area contributed by atoms with Crippen LogP contribution >= 0.6 is 0 Å². The van der Waals surface area contributed by atoms with Crippen molar-refractivity contribution >= 4 is 87.8 Å². The lowest BCUT2D eigenvalue weighted by Crippen LogP contribution is -2.58. The molecule has 0 aliphatic heterocycles. The molecule has 80 heavy (non-hydrogen) atoms. The van der Waals surface area contributed by atoms with Gasteiger partial charge in [0.2, 0.25) is 41.4 Å². The maximum atomic E-state index is 14.0. The lowest BCUT2D eigenvalue weighted by atomic mass is 10.0. The lowest BCUT2D eigenvalue weighted by Gasteiger charge is -2.26. The number of aromatic amines is 1. The van der Waals surface area contributed by atoms with Crippen LogP contribution in [-0.2, 0) is 54.5 Å². The number of rotatable bonds is 35. The third-order valence-corrected chi connectivity index (χ3v) is 11.7. The highest BCUT2D eigenvalue weighted by molar-refractivity contribution is 5.98. The number of amides is 7. The Morgan fingerprint density at radius 3 is 1.65 bits per heavy atom. The van der Waals surface area contributed by atoms with Crippen LogP contribution in [0, 0.1) is 0 Å². The number of carboxylic acid groups (broad SMARTS) is 3. The molecule has 0 spiro atoms. The summed E-state index contributed by atoms with van der Waals surface area (Å²) in [6.07, 6.45) is -12.4. The summed E-state index contributed by atoms with van der Waals surface area (Å²) in [4.78, 5) is 167. The minimum atomic E-state index is -2.08. The molecule has 3 aromatic rings. The van der Waals surface area contributed by atoms with Crippen molar-refractivity contribution in [2.75, 3.05) is 31.2 Å². The number of ketones is 1. The lowest BCUT2D eigenvalue weighted by molar-refractivity contribution is -0.140. The summed E-state index contributed by atoms with van der Waals surface area (Å²) in [7, 11) is 1.21. The number of aliphatic carboxylic acids is 3. The van der Waals surface area contributed by atoms with E-state index in [9.17, 15) is 88.2 Å².